The van der Waals surface area contributed by atoms with Gasteiger partial charge in [0.15, 0.2) is 5.11 Å². The smallest absolute Gasteiger partial charge is 0.384 e. The summed E-state index contributed by atoms with van der Waals surface area (Å²) in [7, 11) is 0. The Morgan fingerprint density at radius 3 is 2.33 bits per heavy atom. The molecule has 3 aliphatic rings. The summed E-state index contributed by atoms with van der Waals surface area (Å²) in [5.41, 5.74) is -2.91. The van der Waals surface area contributed by atoms with Crippen LogP contribution in [0.2, 0.25) is 0 Å². The number of imide groups is 2. The maximum atomic E-state index is 15.4. The van der Waals surface area contributed by atoms with Crippen LogP contribution in [0.1, 0.15) is 94.6 Å². The third kappa shape index (κ3) is 7.66. The molecule has 3 aromatic rings. The Morgan fingerprint density at radius 1 is 0.965 bits per heavy atom. The van der Waals surface area contributed by atoms with E-state index in [2.05, 4.69) is 16.0 Å². The molecule has 0 saturated carbocycles. The van der Waals surface area contributed by atoms with Crippen molar-refractivity contribution in [1.29, 1.82) is 5.26 Å². The Labute approximate surface area is 329 Å². The van der Waals surface area contributed by atoms with Gasteiger partial charge in [-0.2, -0.15) is 18.4 Å². The van der Waals surface area contributed by atoms with Crippen molar-refractivity contribution < 1.29 is 46.3 Å². The third-order valence-corrected chi connectivity index (χ3v) is 10.3. The molecule has 57 heavy (non-hydrogen) atoms. The summed E-state index contributed by atoms with van der Waals surface area (Å²) < 4.78 is 56.4. The van der Waals surface area contributed by atoms with Crippen molar-refractivity contribution in [3.05, 3.63) is 88.2 Å². The topological polar surface area (TPSA) is 172 Å². The van der Waals surface area contributed by atoms with Crippen LogP contribution < -0.4 is 25.8 Å². The van der Waals surface area contributed by atoms with Crippen LogP contribution in [-0.2, 0) is 20.6 Å². The Kier molecular flexibility index (Phi) is 11.2. The number of carbonyl (C=O) groups is 6. The second-order valence-corrected chi connectivity index (χ2v) is 14.5. The molecule has 3 heterocycles. The number of fused-ring (bicyclic) bond motifs is 1. The van der Waals surface area contributed by atoms with Crippen LogP contribution in [-0.4, -0.2) is 70.1 Å². The molecule has 3 aromatic carbocycles. The fourth-order valence-corrected chi connectivity index (χ4v) is 7.59. The monoisotopic (exact) mass is 805 g/mol. The van der Waals surface area contributed by atoms with E-state index in [1.54, 1.807) is 12.1 Å². The van der Waals surface area contributed by atoms with Gasteiger partial charge >= 0.3 is 6.18 Å². The number of nitriles is 1. The number of unbranched alkanes of at least 4 members (excludes halogenated alkanes) is 3. The largest absolute Gasteiger partial charge is 0.417 e. The molecule has 0 aliphatic carbocycles. The maximum Gasteiger partial charge on any atom is 0.417 e. The molecule has 2 fully saturated rings. The number of rotatable bonds is 12. The van der Waals surface area contributed by atoms with Crippen LogP contribution in [0.25, 0.3) is 0 Å². The highest BCUT2D eigenvalue weighted by atomic mass is 32.1. The number of nitrogens with one attached hydrogen (secondary N) is 3. The van der Waals surface area contributed by atoms with Crippen LogP contribution >= 0.6 is 12.2 Å². The lowest BCUT2D eigenvalue weighted by Crippen LogP contribution is -2.54. The lowest BCUT2D eigenvalue weighted by Gasteiger charge is -2.29. The lowest BCUT2D eigenvalue weighted by molar-refractivity contribution is -0.138. The zero-order valence-electron chi connectivity index (χ0n) is 30.6. The molecular weight excluding hydrogens is 771 g/mol. The standard InChI is InChI=1S/C39H35F4N7O6S/c1-38(2)36(56)48(22-11-10-21(20-44)26(18-22)39(41,42)43)37(57)50(38)23-12-13-24(27(40)19-23)32(52)46-17-6-4-3-5-16-45-28-9-7-8-25-31(28)35(55)49(34(25)54)29-14-15-30(51)47-33(29)53/h7-13,18-19,29,45H,3-6,14-17H2,1-2H3,(H,46,52)(H,47,51,53). The number of alkyl halides is 3. The van der Waals surface area contributed by atoms with Crippen molar-refractivity contribution in [2.45, 2.75) is 70.1 Å². The van der Waals surface area contributed by atoms with Crippen molar-refractivity contribution in [3.63, 3.8) is 0 Å². The normalized spacial score (nSPS) is 17.8. The zero-order chi connectivity index (χ0) is 41.4. The summed E-state index contributed by atoms with van der Waals surface area (Å²) in [5.74, 6) is -4.62. The number of thiocarbonyl (C=S) groups is 1. The zero-order valence-corrected chi connectivity index (χ0v) is 31.4. The molecule has 3 N–H and O–H groups in total. The first-order chi connectivity index (χ1) is 27.0. The first kappa shape index (κ1) is 40.4. The third-order valence-electron chi connectivity index (χ3n) is 9.98. The van der Waals surface area contributed by atoms with Crippen LogP contribution in [0.3, 0.4) is 0 Å². The van der Waals surface area contributed by atoms with Gasteiger partial charge in [0.1, 0.15) is 17.4 Å². The highest BCUT2D eigenvalue weighted by molar-refractivity contribution is 7.81. The average Bonchev–Trinajstić information content (AvgIpc) is 3.51. The molecule has 1 atom stereocenters. The number of nitrogens with zero attached hydrogens (tertiary/aromatic N) is 4. The van der Waals surface area contributed by atoms with Crippen LogP contribution in [0.15, 0.2) is 54.6 Å². The molecule has 3 aliphatic heterocycles. The van der Waals surface area contributed by atoms with E-state index in [4.69, 9.17) is 17.5 Å². The van der Waals surface area contributed by atoms with Gasteiger partial charge in [-0.25, -0.2) is 4.39 Å². The number of hydrogen-bond donors (Lipinski definition) is 3. The summed E-state index contributed by atoms with van der Waals surface area (Å²) in [5, 5.41) is 17.0. The fourth-order valence-electron chi connectivity index (χ4n) is 7.07. The van der Waals surface area contributed by atoms with E-state index < -0.39 is 70.1 Å². The summed E-state index contributed by atoms with van der Waals surface area (Å²) in [6.07, 6.45) is -2.12. The minimum absolute atomic E-state index is 0.0200. The Bertz CT molecular complexity index is 2270. The second-order valence-electron chi connectivity index (χ2n) is 14.1. The van der Waals surface area contributed by atoms with Crippen molar-refractivity contribution in [2.24, 2.45) is 0 Å². The molecule has 0 bridgehead atoms. The van der Waals surface area contributed by atoms with Gasteiger partial charge in [-0.1, -0.05) is 18.9 Å². The highest BCUT2D eigenvalue weighted by Crippen LogP contribution is 2.40. The predicted molar refractivity (Wildman–Crippen MR) is 202 cm³/mol. The van der Waals surface area contributed by atoms with Crippen LogP contribution in [0, 0.1) is 17.1 Å². The average molecular weight is 806 g/mol. The first-order valence-electron chi connectivity index (χ1n) is 17.9. The van der Waals surface area contributed by atoms with Crippen LogP contribution in [0.4, 0.5) is 34.6 Å². The Morgan fingerprint density at radius 2 is 1.67 bits per heavy atom. The molecule has 6 rings (SSSR count). The lowest BCUT2D eigenvalue weighted by atomic mass is 10.0. The molecule has 0 spiro atoms. The van der Waals surface area contributed by atoms with E-state index in [-0.39, 0.29) is 52.6 Å². The fraction of sp³-hybridized carbons (Fsp3) is 0.333. The molecule has 0 radical (unpaired) electrons. The minimum Gasteiger partial charge on any atom is -0.384 e. The SMILES string of the molecule is CC1(C)C(=O)N(c2ccc(C#N)c(C(F)(F)F)c2)C(=S)N1c1ccc(C(=O)NCCCCCCNc2cccc3c2C(=O)N(C2CCC(=O)NC2=O)C3=O)c(F)c1. The molecule has 18 heteroatoms. The van der Waals surface area contributed by atoms with Crippen molar-refractivity contribution in [2.75, 3.05) is 28.2 Å². The Hall–Kier alpha value is -6.22. The quantitative estimate of drug-likeness (QED) is 0.0928. The molecule has 6 amide bonds. The maximum absolute atomic E-state index is 15.4. The second kappa shape index (κ2) is 15.7. The molecular formula is C39H35F4N7O6S. The van der Waals surface area contributed by atoms with Gasteiger partial charge in [0.05, 0.1) is 39.6 Å². The van der Waals surface area contributed by atoms with Gasteiger partial charge in [-0.05, 0) is 93.9 Å². The van der Waals surface area contributed by atoms with Gasteiger partial charge in [-0.15, -0.1) is 0 Å². The Balaban J connectivity index is 0.989. The number of amides is 6. The van der Waals surface area contributed by atoms with E-state index in [1.165, 1.54) is 49.1 Å². The number of hydrogen-bond acceptors (Lipinski definition) is 9. The van der Waals surface area contributed by atoms with Crippen molar-refractivity contribution in [3.8, 4) is 6.07 Å². The highest BCUT2D eigenvalue weighted by Gasteiger charge is 2.51. The number of piperidine rings is 1. The van der Waals surface area contributed by atoms with E-state index >= 15 is 4.39 Å². The van der Waals surface area contributed by atoms with Crippen LogP contribution in [0.5, 0.6) is 0 Å². The number of carbonyl (C=O) groups excluding carboxylic acids is 6. The summed E-state index contributed by atoms with van der Waals surface area (Å²) >= 11 is 5.50. The van der Waals surface area contributed by atoms with Gasteiger partial charge in [-0.3, -0.25) is 43.9 Å². The number of anilines is 3. The molecule has 2 saturated heterocycles. The van der Waals surface area contributed by atoms with E-state index in [1.807, 2.05) is 0 Å². The van der Waals surface area contributed by atoms with E-state index in [0.29, 0.717) is 37.6 Å². The minimum atomic E-state index is -4.87. The van der Waals surface area contributed by atoms with E-state index in [0.717, 1.165) is 28.4 Å². The molecule has 1 unspecified atom stereocenters. The van der Waals surface area contributed by atoms with Crippen molar-refractivity contribution in [1.82, 2.24) is 15.5 Å². The van der Waals surface area contributed by atoms with Gasteiger partial charge in [0.25, 0.3) is 23.6 Å². The molecule has 296 valence electrons. The molecule has 0 aromatic heterocycles. The summed E-state index contributed by atoms with van der Waals surface area (Å²) in [4.78, 5) is 79.7. The first-order valence-corrected chi connectivity index (χ1v) is 18.3. The number of halogens is 4. The summed E-state index contributed by atoms with van der Waals surface area (Å²) in [6.45, 7) is 3.65. The van der Waals surface area contributed by atoms with E-state index in [9.17, 15) is 41.9 Å². The van der Waals surface area contributed by atoms with Gasteiger partial charge in [0, 0.05) is 30.9 Å². The van der Waals surface area contributed by atoms with Gasteiger partial charge < -0.3 is 15.5 Å². The molecule has 13 nitrogen and oxygen atoms in total. The number of benzene rings is 3. The summed E-state index contributed by atoms with van der Waals surface area (Å²) in [6, 6.07) is 11.6. The van der Waals surface area contributed by atoms with Crippen molar-refractivity contribution >= 4 is 69.8 Å². The predicted octanol–water partition coefficient (Wildman–Crippen LogP) is 5.44. The van der Waals surface area contributed by atoms with Gasteiger partial charge in [0.2, 0.25) is 11.8 Å².